The van der Waals surface area contributed by atoms with Gasteiger partial charge in [-0.05, 0) is 64.9 Å². The second-order valence-electron chi connectivity index (χ2n) is 8.67. The number of hydrogen-bond acceptors (Lipinski definition) is 6. The molecule has 1 aromatic carbocycles. The Kier molecular flexibility index (Phi) is 6.38. The Morgan fingerprint density at radius 3 is 2.50 bits per heavy atom. The first-order valence-corrected chi connectivity index (χ1v) is 10.8. The standard InChI is InChI=1S/C20H26F3NO5S/c1-18(2,3)28-17(25)6-9-24-10-7-19(8-11-24)13-27-16-5-4-14(12-15(16)19)29-30(26)20(21,22)23/h4-5,12H,6-11,13H2,1-3H3. The molecule has 1 saturated heterocycles. The molecular formula is C20H26F3NO5S. The summed E-state index contributed by atoms with van der Waals surface area (Å²) in [7, 11) is 0. The minimum Gasteiger partial charge on any atom is -0.492 e. The summed E-state index contributed by atoms with van der Waals surface area (Å²) in [4.78, 5) is 14.1. The quantitative estimate of drug-likeness (QED) is 0.639. The Labute approximate surface area is 176 Å². The molecule has 2 aliphatic heterocycles. The predicted molar refractivity (Wildman–Crippen MR) is 105 cm³/mol. The number of hydrogen-bond donors (Lipinski definition) is 0. The summed E-state index contributed by atoms with van der Waals surface area (Å²) in [6.45, 7) is 7.97. The number of rotatable bonds is 5. The molecule has 168 valence electrons. The maximum atomic E-state index is 12.5. The fraction of sp³-hybridized carbons (Fsp3) is 0.650. The summed E-state index contributed by atoms with van der Waals surface area (Å²) in [6.07, 6.45) is 1.78. The largest absolute Gasteiger partial charge is 0.508 e. The van der Waals surface area contributed by atoms with Crippen molar-refractivity contribution in [2.75, 3.05) is 26.2 Å². The number of likely N-dealkylation sites (tertiary alicyclic amines) is 1. The molecule has 0 bridgehead atoms. The summed E-state index contributed by atoms with van der Waals surface area (Å²) < 4.78 is 64.5. The van der Waals surface area contributed by atoms with Gasteiger partial charge in [0.25, 0.3) is 0 Å². The number of esters is 1. The van der Waals surface area contributed by atoms with Gasteiger partial charge in [0.05, 0.1) is 13.0 Å². The molecule has 6 nitrogen and oxygen atoms in total. The number of benzene rings is 1. The number of piperidine rings is 1. The molecule has 1 fully saturated rings. The molecule has 1 atom stereocenters. The Morgan fingerprint density at radius 2 is 1.90 bits per heavy atom. The summed E-state index contributed by atoms with van der Waals surface area (Å²) >= 11 is -3.41. The highest BCUT2D eigenvalue weighted by Crippen LogP contribution is 2.47. The third-order valence-electron chi connectivity index (χ3n) is 5.25. The smallest absolute Gasteiger partial charge is 0.492 e. The van der Waals surface area contributed by atoms with Crippen LogP contribution in [0.25, 0.3) is 0 Å². The third kappa shape index (κ3) is 5.46. The zero-order valence-electron chi connectivity index (χ0n) is 17.2. The first kappa shape index (κ1) is 22.9. The first-order valence-electron chi connectivity index (χ1n) is 9.76. The van der Waals surface area contributed by atoms with Crippen LogP contribution >= 0.6 is 0 Å². The van der Waals surface area contributed by atoms with Crippen LogP contribution in [0.3, 0.4) is 0 Å². The lowest BCUT2D eigenvalue weighted by Crippen LogP contribution is -2.44. The van der Waals surface area contributed by atoms with Gasteiger partial charge in [-0.1, -0.05) is 0 Å². The number of nitrogens with zero attached hydrogens (tertiary/aromatic N) is 1. The number of carbonyl (C=O) groups excluding carboxylic acids is 1. The Bertz CT molecular complexity index is 814. The van der Waals surface area contributed by atoms with Gasteiger partial charge in [0.15, 0.2) is 0 Å². The lowest BCUT2D eigenvalue weighted by atomic mass is 9.74. The molecule has 2 heterocycles. The van der Waals surface area contributed by atoms with Crippen molar-refractivity contribution in [1.82, 2.24) is 4.90 Å². The van der Waals surface area contributed by atoms with E-state index in [1.807, 2.05) is 20.8 Å². The van der Waals surface area contributed by atoms with Crippen molar-refractivity contribution in [2.45, 2.75) is 56.6 Å². The zero-order chi connectivity index (χ0) is 22.2. The van der Waals surface area contributed by atoms with E-state index in [0.29, 0.717) is 25.3 Å². The van der Waals surface area contributed by atoms with Crippen LogP contribution in [-0.4, -0.2) is 52.4 Å². The molecule has 0 aromatic heterocycles. The highest BCUT2D eigenvalue weighted by atomic mass is 32.2. The van der Waals surface area contributed by atoms with Crippen LogP contribution in [-0.2, 0) is 26.0 Å². The van der Waals surface area contributed by atoms with Crippen molar-refractivity contribution < 1.29 is 35.8 Å². The van der Waals surface area contributed by atoms with Gasteiger partial charge in [-0.3, -0.25) is 4.79 Å². The van der Waals surface area contributed by atoms with E-state index >= 15 is 0 Å². The van der Waals surface area contributed by atoms with E-state index in [1.165, 1.54) is 12.1 Å². The predicted octanol–water partition coefficient (Wildman–Crippen LogP) is 3.71. The molecule has 30 heavy (non-hydrogen) atoms. The Morgan fingerprint density at radius 1 is 1.23 bits per heavy atom. The van der Waals surface area contributed by atoms with Crippen LogP contribution in [0.15, 0.2) is 18.2 Å². The summed E-state index contributed by atoms with van der Waals surface area (Å²) in [6, 6.07) is 4.39. The lowest BCUT2D eigenvalue weighted by Gasteiger charge is -2.38. The third-order valence-corrected chi connectivity index (χ3v) is 5.97. The molecule has 0 amide bonds. The molecule has 0 aliphatic carbocycles. The van der Waals surface area contributed by atoms with Gasteiger partial charge < -0.3 is 18.6 Å². The number of fused-ring (bicyclic) bond motifs is 2. The second kappa shape index (κ2) is 8.37. The number of ether oxygens (including phenoxy) is 2. The Balaban J connectivity index is 1.61. The first-order chi connectivity index (χ1) is 13.9. The van der Waals surface area contributed by atoms with E-state index in [0.717, 1.165) is 31.5 Å². The maximum absolute atomic E-state index is 12.5. The van der Waals surface area contributed by atoms with Gasteiger partial charge in [-0.15, -0.1) is 0 Å². The average molecular weight is 449 g/mol. The molecule has 1 spiro atoms. The topological polar surface area (TPSA) is 65.1 Å². The van der Waals surface area contributed by atoms with Crippen LogP contribution < -0.4 is 8.92 Å². The van der Waals surface area contributed by atoms with Crippen LogP contribution in [0.2, 0.25) is 0 Å². The minimum absolute atomic E-state index is 0.0957. The van der Waals surface area contributed by atoms with E-state index in [2.05, 4.69) is 9.08 Å². The van der Waals surface area contributed by atoms with Crippen LogP contribution in [0.4, 0.5) is 13.2 Å². The highest BCUT2D eigenvalue weighted by Gasteiger charge is 2.44. The highest BCUT2D eigenvalue weighted by molar-refractivity contribution is 7.81. The van der Waals surface area contributed by atoms with E-state index in [-0.39, 0.29) is 17.1 Å². The minimum atomic E-state index is -4.94. The fourth-order valence-electron chi connectivity index (χ4n) is 3.79. The van der Waals surface area contributed by atoms with Crippen molar-refractivity contribution in [1.29, 1.82) is 0 Å². The van der Waals surface area contributed by atoms with Gasteiger partial charge in [0.1, 0.15) is 17.1 Å². The van der Waals surface area contributed by atoms with Gasteiger partial charge in [0, 0.05) is 17.5 Å². The van der Waals surface area contributed by atoms with Gasteiger partial charge in [-0.2, -0.15) is 13.2 Å². The van der Waals surface area contributed by atoms with Crippen molar-refractivity contribution in [3.8, 4) is 11.5 Å². The van der Waals surface area contributed by atoms with Crippen LogP contribution in [0.1, 0.15) is 45.6 Å². The van der Waals surface area contributed by atoms with Crippen molar-refractivity contribution in [2.24, 2.45) is 0 Å². The number of carbonyl (C=O) groups is 1. The lowest BCUT2D eigenvalue weighted by molar-refractivity contribution is -0.155. The second-order valence-corrected chi connectivity index (χ2v) is 9.77. The molecule has 1 aromatic rings. The molecule has 10 heteroatoms. The summed E-state index contributed by atoms with van der Waals surface area (Å²) in [5.41, 5.74) is -4.99. The van der Waals surface area contributed by atoms with Crippen molar-refractivity contribution >= 4 is 17.0 Å². The average Bonchev–Trinajstić information content (AvgIpc) is 2.97. The molecule has 0 radical (unpaired) electrons. The van der Waals surface area contributed by atoms with Crippen LogP contribution in [0.5, 0.6) is 11.5 Å². The van der Waals surface area contributed by atoms with Crippen LogP contribution in [0, 0.1) is 0 Å². The fourth-order valence-corrected chi connectivity index (χ4v) is 4.16. The summed E-state index contributed by atoms with van der Waals surface area (Å²) in [5, 5.41) is 0. The van der Waals surface area contributed by atoms with Crippen molar-refractivity contribution in [3.63, 3.8) is 0 Å². The SMILES string of the molecule is CC(C)(C)OC(=O)CCN1CCC2(CC1)COc1ccc(OS(=O)C(F)(F)F)cc12. The van der Waals surface area contributed by atoms with E-state index in [4.69, 9.17) is 9.47 Å². The molecule has 2 aliphatic rings. The Hall–Kier alpha value is -1.81. The van der Waals surface area contributed by atoms with E-state index < -0.39 is 22.2 Å². The number of halogens is 3. The molecule has 3 rings (SSSR count). The van der Waals surface area contributed by atoms with E-state index in [1.54, 1.807) is 6.07 Å². The summed E-state index contributed by atoms with van der Waals surface area (Å²) in [5.74, 6) is 0.278. The normalized spacial score (nSPS) is 19.8. The molecule has 0 saturated carbocycles. The van der Waals surface area contributed by atoms with Gasteiger partial charge in [-0.25, -0.2) is 4.21 Å². The van der Waals surface area contributed by atoms with E-state index in [9.17, 15) is 22.2 Å². The maximum Gasteiger partial charge on any atom is 0.508 e. The van der Waals surface area contributed by atoms with Crippen molar-refractivity contribution in [3.05, 3.63) is 23.8 Å². The molecule has 1 unspecified atom stereocenters. The monoisotopic (exact) mass is 449 g/mol. The molecule has 0 N–H and O–H groups in total. The van der Waals surface area contributed by atoms with Gasteiger partial charge in [0.2, 0.25) is 0 Å². The molecular weight excluding hydrogens is 423 g/mol. The number of alkyl halides is 3. The zero-order valence-corrected chi connectivity index (χ0v) is 18.0. The van der Waals surface area contributed by atoms with Gasteiger partial charge >= 0.3 is 22.6 Å².